The molecule has 0 bridgehead atoms. The number of benzene rings is 2. The molecular weight excluding hydrogens is 291 g/mol. The van der Waals surface area contributed by atoms with Gasteiger partial charge in [0.05, 0.1) is 10.6 Å². The van der Waals surface area contributed by atoms with Crippen LogP contribution >= 0.6 is 11.6 Å². The number of nitrogens with two attached hydrogens (primary N) is 1. The van der Waals surface area contributed by atoms with E-state index in [9.17, 15) is 13.2 Å². The highest BCUT2D eigenvalue weighted by molar-refractivity contribution is 6.32. The molecule has 0 amide bonds. The zero-order chi connectivity index (χ0) is 14.8. The smallest absolute Gasteiger partial charge is 0.416 e. The van der Waals surface area contributed by atoms with Crippen molar-refractivity contribution in [1.29, 1.82) is 0 Å². The third-order valence-corrected chi connectivity index (χ3v) is 2.94. The minimum Gasteiger partial charge on any atom is -0.456 e. The molecular formula is C14H11ClF3NO. The molecule has 2 aromatic carbocycles. The van der Waals surface area contributed by atoms with Gasteiger partial charge in [0.25, 0.3) is 0 Å². The van der Waals surface area contributed by atoms with Crippen LogP contribution in [0.4, 0.5) is 13.2 Å². The van der Waals surface area contributed by atoms with Crippen molar-refractivity contribution in [2.75, 3.05) is 0 Å². The molecule has 0 radical (unpaired) electrons. The Balaban J connectivity index is 2.18. The van der Waals surface area contributed by atoms with Gasteiger partial charge in [0.1, 0.15) is 11.5 Å². The van der Waals surface area contributed by atoms with Crippen molar-refractivity contribution in [3.05, 3.63) is 58.6 Å². The van der Waals surface area contributed by atoms with E-state index in [1.807, 2.05) is 0 Å². The zero-order valence-electron chi connectivity index (χ0n) is 10.2. The van der Waals surface area contributed by atoms with Crippen molar-refractivity contribution in [2.45, 2.75) is 12.7 Å². The number of hydrogen-bond donors (Lipinski definition) is 1. The van der Waals surface area contributed by atoms with E-state index < -0.39 is 11.7 Å². The maximum atomic E-state index is 12.4. The van der Waals surface area contributed by atoms with E-state index in [4.69, 9.17) is 22.1 Å². The summed E-state index contributed by atoms with van der Waals surface area (Å²) in [5.41, 5.74) is 5.59. The summed E-state index contributed by atoms with van der Waals surface area (Å²) in [7, 11) is 0. The summed E-state index contributed by atoms with van der Waals surface area (Å²) in [5, 5.41) is 0.354. The minimum atomic E-state index is -4.36. The summed E-state index contributed by atoms with van der Waals surface area (Å²) in [4.78, 5) is 0. The predicted molar refractivity (Wildman–Crippen MR) is 70.9 cm³/mol. The van der Waals surface area contributed by atoms with E-state index >= 15 is 0 Å². The van der Waals surface area contributed by atoms with Gasteiger partial charge in [0.2, 0.25) is 0 Å². The number of ether oxygens (including phenoxy) is 1. The second kappa shape index (κ2) is 5.73. The van der Waals surface area contributed by atoms with Crippen LogP contribution in [0.5, 0.6) is 11.5 Å². The van der Waals surface area contributed by atoms with Crippen LogP contribution in [0, 0.1) is 0 Å². The van der Waals surface area contributed by atoms with Gasteiger partial charge in [-0.05, 0) is 42.0 Å². The maximum absolute atomic E-state index is 12.4. The van der Waals surface area contributed by atoms with E-state index in [-0.39, 0.29) is 5.75 Å². The zero-order valence-corrected chi connectivity index (χ0v) is 11.0. The highest BCUT2D eigenvalue weighted by Gasteiger charge is 2.30. The Morgan fingerprint density at radius 2 is 1.70 bits per heavy atom. The van der Waals surface area contributed by atoms with Crippen LogP contribution in [0.1, 0.15) is 11.1 Å². The first-order valence-electron chi connectivity index (χ1n) is 5.74. The molecule has 20 heavy (non-hydrogen) atoms. The van der Waals surface area contributed by atoms with Crippen molar-refractivity contribution < 1.29 is 17.9 Å². The third-order valence-electron chi connectivity index (χ3n) is 2.64. The molecule has 0 fully saturated rings. The molecule has 0 saturated carbocycles. The average molecular weight is 302 g/mol. The van der Waals surface area contributed by atoms with Crippen LogP contribution in [-0.4, -0.2) is 0 Å². The van der Waals surface area contributed by atoms with Crippen LogP contribution in [0.2, 0.25) is 5.02 Å². The van der Waals surface area contributed by atoms with Gasteiger partial charge in [0, 0.05) is 6.54 Å². The number of hydrogen-bond acceptors (Lipinski definition) is 2. The normalized spacial score (nSPS) is 11.4. The number of alkyl halides is 3. The van der Waals surface area contributed by atoms with E-state index in [2.05, 4.69) is 0 Å². The fourth-order valence-electron chi connectivity index (χ4n) is 1.59. The molecule has 2 aromatic rings. The van der Waals surface area contributed by atoms with Crippen molar-refractivity contribution in [3.63, 3.8) is 0 Å². The first-order valence-corrected chi connectivity index (χ1v) is 6.11. The standard InChI is InChI=1S/C14H11ClF3NO/c15-12-7-9(8-19)1-6-13(12)20-11-4-2-10(3-5-11)14(16,17)18/h1-7H,8,19H2. The predicted octanol–water partition coefficient (Wildman–Crippen LogP) is 4.61. The summed E-state index contributed by atoms with van der Waals surface area (Å²) in [6.07, 6.45) is -4.36. The SMILES string of the molecule is NCc1ccc(Oc2ccc(C(F)(F)F)cc2)c(Cl)c1. The molecule has 2 nitrogen and oxygen atoms in total. The van der Waals surface area contributed by atoms with Crippen LogP contribution < -0.4 is 10.5 Å². The van der Waals surface area contributed by atoms with Crippen LogP contribution in [0.25, 0.3) is 0 Å². The Morgan fingerprint density at radius 1 is 1.05 bits per heavy atom. The highest BCUT2D eigenvalue weighted by Crippen LogP contribution is 2.33. The monoisotopic (exact) mass is 301 g/mol. The molecule has 0 aliphatic rings. The second-order valence-electron chi connectivity index (χ2n) is 4.09. The van der Waals surface area contributed by atoms with Crippen LogP contribution in [-0.2, 0) is 12.7 Å². The lowest BCUT2D eigenvalue weighted by atomic mass is 10.2. The van der Waals surface area contributed by atoms with Gasteiger partial charge < -0.3 is 10.5 Å². The van der Waals surface area contributed by atoms with Crippen molar-refractivity contribution in [1.82, 2.24) is 0 Å². The molecule has 106 valence electrons. The molecule has 0 heterocycles. The summed E-state index contributed by atoms with van der Waals surface area (Å²) < 4.78 is 42.7. The second-order valence-corrected chi connectivity index (χ2v) is 4.50. The molecule has 2 N–H and O–H groups in total. The summed E-state index contributed by atoms with van der Waals surface area (Å²) in [6, 6.07) is 9.43. The number of rotatable bonds is 3. The molecule has 2 rings (SSSR count). The van der Waals surface area contributed by atoms with Crippen molar-refractivity contribution in [3.8, 4) is 11.5 Å². The Morgan fingerprint density at radius 3 is 2.20 bits per heavy atom. The molecule has 0 aliphatic heterocycles. The van der Waals surface area contributed by atoms with Gasteiger partial charge in [-0.2, -0.15) is 13.2 Å². The minimum absolute atomic E-state index is 0.278. The quantitative estimate of drug-likeness (QED) is 0.898. The van der Waals surface area contributed by atoms with Gasteiger partial charge in [-0.1, -0.05) is 17.7 Å². The van der Waals surface area contributed by atoms with Crippen LogP contribution in [0.3, 0.4) is 0 Å². The Bertz CT molecular complexity index is 596. The summed E-state index contributed by atoms with van der Waals surface area (Å²) >= 11 is 6.00. The lowest BCUT2D eigenvalue weighted by molar-refractivity contribution is -0.137. The van der Waals surface area contributed by atoms with Crippen molar-refractivity contribution in [2.24, 2.45) is 5.73 Å². The molecule has 6 heteroatoms. The highest BCUT2D eigenvalue weighted by atomic mass is 35.5. The molecule has 0 unspecified atom stereocenters. The lowest BCUT2D eigenvalue weighted by Gasteiger charge is -2.10. The topological polar surface area (TPSA) is 35.2 Å². The third kappa shape index (κ3) is 3.43. The average Bonchev–Trinajstić information content (AvgIpc) is 2.40. The Hall–Kier alpha value is -1.72. The van der Waals surface area contributed by atoms with E-state index in [1.54, 1.807) is 18.2 Å². The summed E-state index contributed by atoms with van der Waals surface area (Å²) in [5.74, 6) is 0.643. The molecule has 0 saturated heterocycles. The van der Waals surface area contributed by atoms with Crippen LogP contribution in [0.15, 0.2) is 42.5 Å². The van der Waals surface area contributed by atoms with E-state index in [0.717, 1.165) is 17.7 Å². The maximum Gasteiger partial charge on any atom is 0.416 e. The largest absolute Gasteiger partial charge is 0.456 e. The number of halogens is 4. The summed E-state index contributed by atoms with van der Waals surface area (Å²) in [6.45, 7) is 0.347. The molecule has 0 atom stereocenters. The molecule has 0 aromatic heterocycles. The van der Waals surface area contributed by atoms with Crippen molar-refractivity contribution >= 4 is 11.6 Å². The first-order chi connectivity index (χ1) is 9.40. The van der Waals surface area contributed by atoms with Gasteiger partial charge in [0.15, 0.2) is 0 Å². The fourth-order valence-corrected chi connectivity index (χ4v) is 1.83. The first kappa shape index (κ1) is 14.7. The Kier molecular flexibility index (Phi) is 4.20. The van der Waals surface area contributed by atoms with Gasteiger partial charge in [-0.15, -0.1) is 0 Å². The van der Waals surface area contributed by atoms with Gasteiger partial charge in [-0.3, -0.25) is 0 Å². The Labute approximate surface area is 118 Å². The molecule has 0 aliphatic carbocycles. The van der Waals surface area contributed by atoms with E-state index in [1.165, 1.54) is 12.1 Å². The molecule has 0 spiro atoms. The fraction of sp³-hybridized carbons (Fsp3) is 0.143. The van der Waals surface area contributed by atoms with Gasteiger partial charge in [-0.25, -0.2) is 0 Å². The van der Waals surface area contributed by atoms with Gasteiger partial charge >= 0.3 is 6.18 Å². The lowest BCUT2D eigenvalue weighted by Crippen LogP contribution is -2.04. The van der Waals surface area contributed by atoms with E-state index in [0.29, 0.717) is 17.3 Å².